The molecule has 0 saturated heterocycles. The molecule has 3 aromatic rings. The summed E-state index contributed by atoms with van der Waals surface area (Å²) < 4.78 is 38.5. The van der Waals surface area contributed by atoms with Crippen molar-refractivity contribution >= 4 is 34.5 Å². The second-order valence-corrected chi connectivity index (χ2v) is 5.98. The summed E-state index contributed by atoms with van der Waals surface area (Å²) in [6.45, 7) is -1.54. The molecule has 0 aliphatic carbocycles. The lowest BCUT2D eigenvalue weighted by atomic mass is 10.0. The highest BCUT2D eigenvalue weighted by molar-refractivity contribution is 6.33. The molecule has 146 valence electrons. The number of carbonyl (C=O) groups is 1. The van der Waals surface area contributed by atoms with Crippen LogP contribution in [0.4, 0.5) is 24.7 Å². The van der Waals surface area contributed by atoms with Gasteiger partial charge in [-0.25, -0.2) is 9.50 Å². The lowest BCUT2D eigenvalue weighted by Crippen LogP contribution is -2.33. The van der Waals surface area contributed by atoms with Gasteiger partial charge in [-0.15, -0.1) is 0 Å². The fourth-order valence-electron chi connectivity index (χ4n) is 2.59. The van der Waals surface area contributed by atoms with Gasteiger partial charge >= 0.3 is 6.18 Å². The number of nitrogen functional groups attached to an aromatic ring is 1. The number of nitrogens with zero attached hydrogens (tertiary/aromatic N) is 4. The topological polar surface area (TPSA) is 128 Å². The molecule has 1 amide bonds. The summed E-state index contributed by atoms with van der Waals surface area (Å²) in [4.78, 5) is 26.4. The Bertz CT molecular complexity index is 1100. The van der Waals surface area contributed by atoms with Crippen LogP contribution in [-0.2, 0) is 0 Å². The fraction of sp³-hybridized carbons (Fsp3) is 0.133. The first-order valence-electron chi connectivity index (χ1n) is 7.49. The van der Waals surface area contributed by atoms with E-state index in [0.29, 0.717) is 0 Å². The summed E-state index contributed by atoms with van der Waals surface area (Å²) in [6.07, 6.45) is -2.32. The Kier molecular flexibility index (Phi) is 4.81. The maximum absolute atomic E-state index is 12.5. The Morgan fingerprint density at radius 2 is 2.11 bits per heavy atom. The molecule has 0 fully saturated rings. The third-order valence-corrected chi connectivity index (χ3v) is 4.03. The Morgan fingerprint density at radius 1 is 1.39 bits per heavy atom. The molecule has 0 aliphatic heterocycles. The van der Waals surface area contributed by atoms with E-state index < -0.39 is 23.6 Å². The molecule has 3 rings (SSSR count). The normalized spacial score (nSPS) is 11.6. The number of anilines is 1. The van der Waals surface area contributed by atoms with Crippen molar-refractivity contribution in [2.45, 2.75) is 6.18 Å². The second-order valence-electron chi connectivity index (χ2n) is 5.58. The largest absolute Gasteiger partial charge is 0.405 e. The minimum absolute atomic E-state index is 0.0469. The van der Waals surface area contributed by atoms with Gasteiger partial charge in [-0.05, 0) is 17.7 Å². The lowest BCUT2D eigenvalue weighted by molar-refractivity contribution is -0.384. The smallest absolute Gasteiger partial charge is 0.382 e. The van der Waals surface area contributed by atoms with Crippen molar-refractivity contribution in [3.8, 4) is 11.1 Å². The highest BCUT2D eigenvalue weighted by Crippen LogP contribution is 2.36. The van der Waals surface area contributed by atoms with Gasteiger partial charge in [0.25, 0.3) is 11.6 Å². The number of alkyl halides is 3. The average Bonchev–Trinajstić information content (AvgIpc) is 2.99. The van der Waals surface area contributed by atoms with Crippen LogP contribution in [0.25, 0.3) is 16.6 Å². The molecule has 28 heavy (non-hydrogen) atoms. The van der Waals surface area contributed by atoms with Crippen molar-refractivity contribution in [1.82, 2.24) is 19.9 Å². The van der Waals surface area contributed by atoms with E-state index in [-0.39, 0.29) is 38.7 Å². The van der Waals surface area contributed by atoms with E-state index in [9.17, 15) is 28.1 Å². The van der Waals surface area contributed by atoms with E-state index in [1.807, 2.05) is 0 Å². The number of benzene rings is 1. The number of halogens is 4. The molecule has 2 aromatic heterocycles. The molecular formula is C15H10ClF3N6O3. The predicted octanol–water partition coefficient (Wildman–Crippen LogP) is 2.83. The van der Waals surface area contributed by atoms with Crippen LogP contribution < -0.4 is 11.1 Å². The first-order valence-corrected chi connectivity index (χ1v) is 7.87. The summed E-state index contributed by atoms with van der Waals surface area (Å²) in [5, 5.41) is 16.4. The van der Waals surface area contributed by atoms with Crippen molar-refractivity contribution in [1.29, 1.82) is 0 Å². The number of nitro benzene ring substituents is 1. The summed E-state index contributed by atoms with van der Waals surface area (Å²) in [5.74, 6) is -1.08. The molecular weight excluding hydrogens is 405 g/mol. The van der Waals surface area contributed by atoms with Crippen LogP contribution in [-0.4, -0.2) is 38.1 Å². The molecule has 0 spiro atoms. The van der Waals surface area contributed by atoms with Gasteiger partial charge in [0, 0.05) is 17.8 Å². The van der Waals surface area contributed by atoms with Gasteiger partial charge in [0.2, 0.25) is 0 Å². The van der Waals surface area contributed by atoms with Gasteiger partial charge in [0.15, 0.2) is 5.82 Å². The van der Waals surface area contributed by atoms with E-state index in [1.165, 1.54) is 22.8 Å². The molecule has 0 radical (unpaired) electrons. The number of nitro groups is 1. The van der Waals surface area contributed by atoms with Crippen LogP contribution in [0.5, 0.6) is 0 Å². The van der Waals surface area contributed by atoms with Crippen molar-refractivity contribution in [2.24, 2.45) is 0 Å². The SMILES string of the molecule is Nc1ncnn2cc(C(=O)NCC(F)(F)F)c(-c3ccc([N+](=O)[O-])c(Cl)c3)c12. The summed E-state index contributed by atoms with van der Waals surface area (Å²) in [7, 11) is 0. The highest BCUT2D eigenvalue weighted by Gasteiger charge is 2.30. The van der Waals surface area contributed by atoms with Crippen LogP contribution in [0.15, 0.2) is 30.7 Å². The fourth-order valence-corrected chi connectivity index (χ4v) is 2.83. The Balaban J connectivity index is 2.18. The van der Waals surface area contributed by atoms with E-state index in [0.717, 1.165) is 12.4 Å². The Morgan fingerprint density at radius 3 is 2.71 bits per heavy atom. The molecule has 0 aliphatic rings. The van der Waals surface area contributed by atoms with Crippen molar-refractivity contribution in [3.63, 3.8) is 0 Å². The number of hydrogen-bond donors (Lipinski definition) is 2. The zero-order chi connectivity index (χ0) is 20.6. The van der Waals surface area contributed by atoms with Gasteiger partial charge < -0.3 is 11.1 Å². The molecule has 0 saturated carbocycles. The standard InChI is InChI=1S/C15H10ClF3N6O3/c16-9-3-7(1-2-10(9)25(27)28)11-8(14(26)21-5-15(17,18)19)4-24-12(11)13(20)22-6-23-24/h1-4,6H,5H2,(H,21,26)(H2,20,22,23). The van der Waals surface area contributed by atoms with Gasteiger partial charge in [-0.2, -0.15) is 18.3 Å². The number of aromatic nitrogens is 3. The maximum atomic E-state index is 12.5. The number of nitrogens with two attached hydrogens (primary N) is 1. The minimum atomic E-state index is -4.61. The third kappa shape index (κ3) is 3.67. The lowest BCUT2D eigenvalue weighted by Gasteiger charge is -2.09. The molecule has 0 bridgehead atoms. The maximum Gasteiger partial charge on any atom is 0.405 e. The summed E-state index contributed by atoms with van der Waals surface area (Å²) in [6, 6.07) is 3.62. The van der Waals surface area contributed by atoms with E-state index in [2.05, 4.69) is 10.1 Å². The average molecular weight is 415 g/mol. The second kappa shape index (κ2) is 6.96. The number of nitrogens with one attached hydrogen (secondary N) is 1. The van der Waals surface area contributed by atoms with Gasteiger partial charge in [0.05, 0.1) is 10.5 Å². The van der Waals surface area contributed by atoms with E-state index in [1.54, 1.807) is 5.32 Å². The first-order chi connectivity index (χ1) is 13.1. The van der Waals surface area contributed by atoms with Crippen molar-refractivity contribution in [3.05, 3.63) is 51.4 Å². The summed E-state index contributed by atoms with van der Waals surface area (Å²) >= 11 is 5.92. The molecule has 9 nitrogen and oxygen atoms in total. The minimum Gasteiger partial charge on any atom is -0.382 e. The molecule has 13 heteroatoms. The predicted molar refractivity (Wildman–Crippen MR) is 92.9 cm³/mol. The molecule has 1 aromatic carbocycles. The van der Waals surface area contributed by atoms with Crippen LogP contribution in [0.1, 0.15) is 10.4 Å². The molecule has 0 atom stereocenters. The monoisotopic (exact) mass is 414 g/mol. The third-order valence-electron chi connectivity index (χ3n) is 3.73. The van der Waals surface area contributed by atoms with Crippen molar-refractivity contribution in [2.75, 3.05) is 12.3 Å². The van der Waals surface area contributed by atoms with Gasteiger partial charge in [-0.3, -0.25) is 14.9 Å². The van der Waals surface area contributed by atoms with Crippen LogP contribution >= 0.6 is 11.6 Å². The highest BCUT2D eigenvalue weighted by atomic mass is 35.5. The Hall–Kier alpha value is -3.41. The quantitative estimate of drug-likeness (QED) is 0.499. The Labute approximate surface area is 159 Å². The molecule has 3 N–H and O–H groups in total. The first kappa shape index (κ1) is 19.4. The van der Waals surface area contributed by atoms with Crippen LogP contribution in [0.3, 0.4) is 0 Å². The van der Waals surface area contributed by atoms with Crippen LogP contribution in [0.2, 0.25) is 5.02 Å². The van der Waals surface area contributed by atoms with Crippen LogP contribution in [0, 0.1) is 10.1 Å². The zero-order valence-electron chi connectivity index (χ0n) is 13.7. The molecule has 0 unspecified atom stereocenters. The summed E-state index contributed by atoms with van der Waals surface area (Å²) in [5.41, 5.74) is 5.74. The number of amides is 1. The zero-order valence-corrected chi connectivity index (χ0v) is 14.5. The van der Waals surface area contributed by atoms with Crippen molar-refractivity contribution < 1.29 is 22.9 Å². The van der Waals surface area contributed by atoms with Gasteiger partial charge in [-0.1, -0.05) is 11.6 Å². The van der Waals surface area contributed by atoms with E-state index in [4.69, 9.17) is 17.3 Å². The number of fused-ring (bicyclic) bond motifs is 1. The number of carbonyl (C=O) groups excluding carboxylic acids is 1. The van der Waals surface area contributed by atoms with Gasteiger partial charge in [0.1, 0.15) is 23.4 Å². The number of rotatable bonds is 4. The number of hydrogen-bond acceptors (Lipinski definition) is 6. The molecule has 2 heterocycles. The van der Waals surface area contributed by atoms with E-state index >= 15 is 0 Å².